The second-order valence-electron chi connectivity index (χ2n) is 7.11. The first-order valence-electron chi connectivity index (χ1n) is 9.82. The smallest absolute Gasteiger partial charge is 0.254 e. The molecule has 0 saturated carbocycles. The van der Waals surface area contributed by atoms with Gasteiger partial charge < -0.3 is 14.4 Å². The molecule has 1 amide bonds. The van der Waals surface area contributed by atoms with Crippen LogP contribution in [0.15, 0.2) is 66.7 Å². The minimum Gasteiger partial charge on any atom is -0.493 e. The lowest BCUT2D eigenvalue weighted by molar-refractivity contribution is 0.0744. The molecule has 0 aliphatic rings. The number of hydrogen-bond acceptors (Lipinski definition) is 3. The topological polar surface area (TPSA) is 38.8 Å². The Morgan fingerprint density at radius 3 is 2.23 bits per heavy atom. The van der Waals surface area contributed by atoms with Crippen molar-refractivity contribution in [2.75, 3.05) is 20.8 Å². The summed E-state index contributed by atoms with van der Waals surface area (Å²) in [7, 11) is 3.20. The molecule has 3 rings (SSSR count). The van der Waals surface area contributed by atoms with E-state index in [2.05, 4.69) is 0 Å². The predicted molar refractivity (Wildman–Crippen MR) is 116 cm³/mol. The number of rotatable bonds is 8. The molecule has 3 aromatic carbocycles. The molecule has 156 valence electrons. The standard InChI is InChI=1S/C25H26FNO3/c1-18-6-4-5-7-22(18)25(28)27(17-20-8-11-21(26)12-9-20)15-14-19-10-13-23(29-2)24(16-19)30-3/h4-13,16H,14-15,17H2,1-3H3. The molecule has 0 fully saturated rings. The van der Waals surface area contributed by atoms with E-state index in [1.54, 1.807) is 31.3 Å². The van der Waals surface area contributed by atoms with E-state index in [0.717, 1.165) is 16.7 Å². The summed E-state index contributed by atoms with van der Waals surface area (Å²) < 4.78 is 24.0. The van der Waals surface area contributed by atoms with E-state index in [9.17, 15) is 9.18 Å². The normalized spacial score (nSPS) is 10.5. The van der Waals surface area contributed by atoms with Crippen LogP contribution < -0.4 is 9.47 Å². The highest BCUT2D eigenvalue weighted by atomic mass is 19.1. The zero-order valence-electron chi connectivity index (χ0n) is 17.5. The number of methoxy groups -OCH3 is 2. The molecule has 0 N–H and O–H groups in total. The van der Waals surface area contributed by atoms with Crippen LogP contribution in [0, 0.1) is 12.7 Å². The molecule has 0 radical (unpaired) electrons. The number of halogens is 1. The molecule has 0 aromatic heterocycles. The molecule has 4 nitrogen and oxygen atoms in total. The van der Waals surface area contributed by atoms with Crippen molar-refractivity contribution in [3.8, 4) is 11.5 Å². The fraction of sp³-hybridized carbons (Fsp3) is 0.240. The number of benzene rings is 3. The number of aryl methyl sites for hydroxylation is 1. The van der Waals surface area contributed by atoms with Crippen LogP contribution >= 0.6 is 0 Å². The van der Waals surface area contributed by atoms with E-state index < -0.39 is 0 Å². The van der Waals surface area contributed by atoms with E-state index in [0.29, 0.717) is 36.6 Å². The maximum atomic E-state index is 13.3. The Labute approximate surface area is 176 Å². The van der Waals surface area contributed by atoms with Crippen LogP contribution in [0.3, 0.4) is 0 Å². The predicted octanol–water partition coefficient (Wildman–Crippen LogP) is 5.04. The molecule has 0 heterocycles. The minimum absolute atomic E-state index is 0.0436. The van der Waals surface area contributed by atoms with Gasteiger partial charge in [0.1, 0.15) is 5.82 Å². The van der Waals surface area contributed by atoms with Gasteiger partial charge in [0, 0.05) is 18.7 Å². The Balaban J connectivity index is 1.82. The first-order valence-corrected chi connectivity index (χ1v) is 9.82. The van der Waals surface area contributed by atoms with Gasteiger partial charge in [-0.3, -0.25) is 4.79 Å². The van der Waals surface area contributed by atoms with Gasteiger partial charge in [0.15, 0.2) is 11.5 Å². The maximum absolute atomic E-state index is 13.3. The monoisotopic (exact) mass is 407 g/mol. The molecule has 30 heavy (non-hydrogen) atoms. The van der Waals surface area contributed by atoms with E-state index in [1.807, 2.05) is 49.4 Å². The Morgan fingerprint density at radius 1 is 0.900 bits per heavy atom. The van der Waals surface area contributed by atoms with Gasteiger partial charge in [-0.05, 0) is 60.4 Å². The van der Waals surface area contributed by atoms with Crippen molar-refractivity contribution >= 4 is 5.91 Å². The molecular formula is C25H26FNO3. The van der Waals surface area contributed by atoms with Crippen molar-refractivity contribution in [3.63, 3.8) is 0 Å². The van der Waals surface area contributed by atoms with Gasteiger partial charge in [-0.25, -0.2) is 4.39 Å². The molecule has 0 aliphatic heterocycles. The highest BCUT2D eigenvalue weighted by Gasteiger charge is 2.18. The maximum Gasteiger partial charge on any atom is 0.254 e. The van der Waals surface area contributed by atoms with Crippen molar-refractivity contribution in [2.24, 2.45) is 0 Å². The third kappa shape index (κ3) is 5.17. The van der Waals surface area contributed by atoms with E-state index >= 15 is 0 Å². The Hall–Kier alpha value is -3.34. The summed E-state index contributed by atoms with van der Waals surface area (Å²) in [6, 6.07) is 19.6. The van der Waals surface area contributed by atoms with Gasteiger partial charge in [-0.1, -0.05) is 36.4 Å². The van der Waals surface area contributed by atoms with Gasteiger partial charge in [0.05, 0.1) is 14.2 Å². The average molecular weight is 407 g/mol. The highest BCUT2D eigenvalue weighted by molar-refractivity contribution is 5.95. The lowest BCUT2D eigenvalue weighted by Gasteiger charge is -2.24. The number of hydrogen-bond donors (Lipinski definition) is 0. The molecule has 0 unspecified atom stereocenters. The lowest BCUT2D eigenvalue weighted by Crippen LogP contribution is -2.33. The van der Waals surface area contributed by atoms with Crippen molar-refractivity contribution in [2.45, 2.75) is 19.9 Å². The van der Waals surface area contributed by atoms with Gasteiger partial charge >= 0.3 is 0 Å². The number of ether oxygens (including phenoxy) is 2. The van der Waals surface area contributed by atoms with Crippen LogP contribution in [-0.2, 0) is 13.0 Å². The zero-order chi connectivity index (χ0) is 21.5. The van der Waals surface area contributed by atoms with Gasteiger partial charge in [0.25, 0.3) is 5.91 Å². The molecule has 3 aromatic rings. The van der Waals surface area contributed by atoms with Crippen molar-refractivity contribution < 1.29 is 18.7 Å². The third-order valence-electron chi connectivity index (χ3n) is 5.07. The average Bonchev–Trinajstić information content (AvgIpc) is 2.77. The Kier molecular flexibility index (Phi) is 7.07. The Bertz CT molecular complexity index is 1000. The summed E-state index contributed by atoms with van der Waals surface area (Å²) in [5.74, 6) is 0.990. The van der Waals surface area contributed by atoms with Gasteiger partial charge in [-0.15, -0.1) is 0 Å². The van der Waals surface area contributed by atoms with E-state index in [4.69, 9.17) is 9.47 Å². The summed E-state index contributed by atoms with van der Waals surface area (Å²) in [6.07, 6.45) is 0.652. The molecule has 0 atom stereocenters. The molecule has 0 saturated heterocycles. The highest BCUT2D eigenvalue weighted by Crippen LogP contribution is 2.28. The largest absolute Gasteiger partial charge is 0.493 e. The summed E-state index contributed by atoms with van der Waals surface area (Å²) in [4.78, 5) is 15.1. The third-order valence-corrected chi connectivity index (χ3v) is 5.07. The quantitative estimate of drug-likeness (QED) is 0.525. The molecular weight excluding hydrogens is 381 g/mol. The van der Waals surface area contributed by atoms with Crippen molar-refractivity contribution in [3.05, 3.63) is 94.8 Å². The number of nitrogens with zero attached hydrogens (tertiary/aromatic N) is 1. The second-order valence-corrected chi connectivity index (χ2v) is 7.11. The van der Waals surface area contributed by atoms with Crippen LogP contribution in [0.25, 0.3) is 0 Å². The van der Waals surface area contributed by atoms with Crippen LogP contribution in [0.2, 0.25) is 0 Å². The summed E-state index contributed by atoms with van der Waals surface area (Å²) in [5.41, 5.74) is 3.52. The molecule has 5 heteroatoms. The lowest BCUT2D eigenvalue weighted by atomic mass is 10.1. The first kappa shape index (κ1) is 21.4. The van der Waals surface area contributed by atoms with Crippen LogP contribution in [-0.4, -0.2) is 31.6 Å². The SMILES string of the molecule is COc1ccc(CCN(Cc2ccc(F)cc2)C(=O)c2ccccc2C)cc1OC. The second kappa shape index (κ2) is 9.92. The van der Waals surface area contributed by atoms with Crippen molar-refractivity contribution in [1.29, 1.82) is 0 Å². The first-order chi connectivity index (χ1) is 14.5. The number of carbonyl (C=O) groups excluding carboxylic acids is 1. The fourth-order valence-electron chi connectivity index (χ4n) is 3.35. The summed E-state index contributed by atoms with van der Waals surface area (Å²) in [5, 5.41) is 0. The van der Waals surface area contributed by atoms with E-state index in [-0.39, 0.29) is 11.7 Å². The van der Waals surface area contributed by atoms with Gasteiger partial charge in [0.2, 0.25) is 0 Å². The zero-order valence-corrected chi connectivity index (χ0v) is 17.5. The molecule has 0 bridgehead atoms. The van der Waals surface area contributed by atoms with Crippen LogP contribution in [0.5, 0.6) is 11.5 Å². The Morgan fingerprint density at radius 2 is 1.57 bits per heavy atom. The molecule has 0 aliphatic carbocycles. The summed E-state index contributed by atoms with van der Waals surface area (Å²) >= 11 is 0. The fourth-order valence-corrected chi connectivity index (χ4v) is 3.35. The van der Waals surface area contributed by atoms with Crippen LogP contribution in [0.4, 0.5) is 4.39 Å². The van der Waals surface area contributed by atoms with Crippen molar-refractivity contribution in [1.82, 2.24) is 4.90 Å². The van der Waals surface area contributed by atoms with E-state index in [1.165, 1.54) is 12.1 Å². The number of amides is 1. The summed E-state index contributed by atoms with van der Waals surface area (Å²) in [6.45, 7) is 2.85. The van der Waals surface area contributed by atoms with Crippen LogP contribution in [0.1, 0.15) is 27.0 Å². The van der Waals surface area contributed by atoms with Gasteiger partial charge in [-0.2, -0.15) is 0 Å². The minimum atomic E-state index is -0.291. The number of carbonyl (C=O) groups is 1. The molecule has 0 spiro atoms.